The third kappa shape index (κ3) is 5.03. The first kappa shape index (κ1) is 19.7. The first-order chi connectivity index (χ1) is 13.7. The number of nitrogens with zero attached hydrogens (tertiary/aromatic N) is 3. The lowest BCUT2D eigenvalue weighted by Gasteiger charge is -2.42. The fourth-order valence-corrected chi connectivity index (χ4v) is 4.81. The number of piperidine rings is 2. The molecule has 0 spiro atoms. The van der Waals surface area contributed by atoms with Crippen LogP contribution in [0.3, 0.4) is 0 Å². The van der Waals surface area contributed by atoms with E-state index in [2.05, 4.69) is 58.2 Å². The van der Waals surface area contributed by atoms with Gasteiger partial charge in [-0.1, -0.05) is 42.5 Å². The smallest absolute Gasteiger partial charge is 0.227 e. The number of carbonyl (C=O) groups is 1. The molecule has 2 heterocycles. The average Bonchev–Trinajstić information content (AvgIpc) is 3.57. The molecule has 1 atom stereocenters. The average molecular weight is 382 g/mol. The Morgan fingerprint density at radius 1 is 1.07 bits per heavy atom. The van der Waals surface area contributed by atoms with E-state index in [4.69, 9.17) is 0 Å². The van der Waals surface area contributed by atoms with Crippen LogP contribution in [0.15, 0.2) is 36.4 Å². The Morgan fingerprint density at radius 2 is 1.82 bits per heavy atom. The van der Waals surface area contributed by atoms with Crippen molar-refractivity contribution in [3.63, 3.8) is 0 Å². The van der Waals surface area contributed by atoms with Crippen LogP contribution < -0.4 is 0 Å². The molecule has 1 aliphatic carbocycles. The summed E-state index contributed by atoms with van der Waals surface area (Å²) in [6.45, 7) is 5.29. The van der Waals surface area contributed by atoms with Gasteiger partial charge in [0, 0.05) is 25.2 Å². The number of hydrogen-bond donors (Lipinski definition) is 0. The maximum atomic E-state index is 13.4. The molecule has 4 heteroatoms. The molecule has 28 heavy (non-hydrogen) atoms. The van der Waals surface area contributed by atoms with Crippen LogP contribution >= 0.6 is 0 Å². The van der Waals surface area contributed by atoms with Crippen molar-refractivity contribution in [3.05, 3.63) is 42.0 Å². The highest BCUT2D eigenvalue weighted by Gasteiger charge is 2.38. The molecule has 1 aromatic rings. The predicted octanol–water partition coefficient (Wildman–Crippen LogP) is 3.50. The van der Waals surface area contributed by atoms with Crippen molar-refractivity contribution in [2.75, 3.05) is 39.8 Å². The molecule has 1 aromatic carbocycles. The summed E-state index contributed by atoms with van der Waals surface area (Å²) in [5.74, 6) is 0.594. The van der Waals surface area contributed by atoms with E-state index < -0.39 is 0 Å². The number of carbonyl (C=O) groups excluding carboxylic acids is 1. The van der Waals surface area contributed by atoms with Gasteiger partial charge < -0.3 is 9.80 Å². The lowest BCUT2D eigenvalue weighted by Crippen LogP contribution is -2.51. The monoisotopic (exact) mass is 381 g/mol. The molecule has 0 aromatic heterocycles. The van der Waals surface area contributed by atoms with Gasteiger partial charge in [0.15, 0.2) is 0 Å². The third-order valence-electron chi connectivity index (χ3n) is 6.69. The number of likely N-dealkylation sites (tertiary alicyclic amines) is 2. The van der Waals surface area contributed by atoms with E-state index in [1.807, 2.05) is 6.07 Å². The molecule has 2 saturated heterocycles. The van der Waals surface area contributed by atoms with Gasteiger partial charge in [0.1, 0.15) is 0 Å². The van der Waals surface area contributed by atoms with Crippen LogP contribution in [0, 0.1) is 5.92 Å². The summed E-state index contributed by atoms with van der Waals surface area (Å²) in [6, 6.07) is 11.5. The summed E-state index contributed by atoms with van der Waals surface area (Å²) in [6.07, 6.45) is 11.4. The second-order valence-corrected chi connectivity index (χ2v) is 8.90. The van der Waals surface area contributed by atoms with Crippen LogP contribution in [0.5, 0.6) is 0 Å². The number of hydrogen-bond acceptors (Lipinski definition) is 3. The van der Waals surface area contributed by atoms with E-state index in [0.717, 1.165) is 19.5 Å². The minimum Gasteiger partial charge on any atom is -0.336 e. The molecule has 3 aliphatic rings. The summed E-state index contributed by atoms with van der Waals surface area (Å²) in [4.78, 5) is 20.6. The molecular weight excluding hydrogens is 346 g/mol. The Kier molecular flexibility index (Phi) is 6.48. The Hall–Kier alpha value is -1.65. The van der Waals surface area contributed by atoms with Gasteiger partial charge in [-0.05, 0) is 70.8 Å². The van der Waals surface area contributed by atoms with E-state index in [9.17, 15) is 4.79 Å². The molecule has 0 radical (unpaired) electrons. The van der Waals surface area contributed by atoms with Crippen molar-refractivity contribution in [3.8, 4) is 0 Å². The second-order valence-electron chi connectivity index (χ2n) is 8.90. The highest BCUT2D eigenvalue weighted by molar-refractivity contribution is 5.80. The molecule has 0 N–H and O–H groups in total. The summed E-state index contributed by atoms with van der Waals surface area (Å²) < 4.78 is 0. The van der Waals surface area contributed by atoms with Crippen molar-refractivity contribution in [2.24, 2.45) is 5.92 Å². The number of benzene rings is 1. The zero-order valence-corrected chi connectivity index (χ0v) is 17.3. The fraction of sp³-hybridized carbons (Fsp3) is 0.625. The summed E-state index contributed by atoms with van der Waals surface area (Å²) in [7, 11) is 2.22. The van der Waals surface area contributed by atoms with Crippen molar-refractivity contribution >= 4 is 12.0 Å². The van der Waals surface area contributed by atoms with Gasteiger partial charge in [-0.3, -0.25) is 9.69 Å². The fourth-order valence-electron chi connectivity index (χ4n) is 4.81. The summed E-state index contributed by atoms with van der Waals surface area (Å²) in [5, 5.41) is 0. The first-order valence-corrected chi connectivity index (χ1v) is 11.2. The van der Waals surface area contributed by atoms with Gasteiger partial charge >= 0.3 is 0 Å². The predicted molar refractivity (Wildman–Crippen MR) is 115 cm³/mol. The molecule has 152 valence electrons. The maximum absolute atomic E-state index is 13.4. The molecule has 0 unspecified atom stereocenters. The van der Waals surface area contributed by atoms with Crippen LogP contribution in [0.2, 0.25) is 0 Å². The first-order valence-electron chi connectivity index (χ1n) is 11.2. The topological polar surface area (TPSA) is 26.8 Å². The SMILES string of the molecule is CN1CCC(N2CCC[C@H](C(=O)N(C/C=C/c3ccccc3)C3CC3)C2)CC1. The van der Waals surface area contributed by atoms with Gasteiger partial charge in [0.05, 0.1) is 5.92 Å². The zero-order valence-electron chi connectivity index (χ0n) is 17.3. The van der Waals surface area contributed by atoms with E-state index in [-0.39, 0.29) is 5.92 Å². The van der Waals surface area contributed by atoms with E-state index in [1.165, 1.54) is 57.3 Å². The standard InChI is InChI=1S/C24H35N3O/c1-25-17-13-22(14-18-25)26-15-6-10-21(19-26)24(28)27(23-11-12-23)16-5-9-20-7-3-2-4-8-20/h2-5,7-9,21-23H,6,10-19H2,1H3/b9-5+/t21-/m0/s1. The molecule has 4 rings (SSSR count). The molecule has 1 saturated carbocycles. The summed E-state index contributed by atoms with van der Waals surface area (Å²) >= 11 is 0. The number of amides is 1. The van der Waals surface area contributed by atoms with Gasteiger partial charge in [0.2, 0.25) is 5.91 Å². The van der Waals surface area contributed by atoms with Crippen LogP contribution in [0.1, 0.15) is 44.1 Å². The quantitative estimate of drug-likeness (QED) is 0.755. The van der Waals surface area contributed by atoms with E-state index >= 15 is 0 Å². The Bertz CT molecular complexity index is 662. The Balaban J connectivity index is 1.35. The van der Waals surface area contributed by atoms with Gasteiger partial charge in [-0.2, -0.15) is 0 Å². The zero-order chi connectivity index (χ0) is 19.3. The second kappa shape index (κ2) is 9.23. The Morgan fingerprint density at radius 3 is 2.54 bits per heavy atom. The van der Waals surface area contributed by atoms with Crippen molar-refractivity contribution in [2.45, 2.75) is 50.6 Å². The van der Waals surface area contributed by atoms with Crippen molar-refractivity contribution in [1.29, 1.82) is 0 Å². The van der Waals surface area contributed by atoms with Crippen molar-refractivity contribution in [1.82, 2.24) is 14.7 Å². The minimum atomic E-state index is 0.194. The lowest BCUT2D eigenvalue weighted by molar-refractivity contribution is -0.137. The molecule has 1 amide bonds. The molecular formula is C24H35N3O. The number of rotatable bonds is 6. The van der Waals surface area contributed by atoms with Gasteiger partial charge in [0.25, 0.3) is 0 Å². The van der Waals surface area contributed by atoms with E-state index in [0.29, 0.717) is 18.0 Å². The van der Waals surface area contributed by atoms with Crippen LogP contribution in [0.25, 0.3) is 6.08 Å². The lowest BCUT2D eigenvalue weighted by atomic mass is 9.93. The van der Waals surface area contributed by atoms with Crippen LogP contribution in [-0.2, 0) is 4.79 Å². The van der Waals surface area contributed by atoms with Crippen LogP contribution in [0.4, 0.5) is 0 Å². The normalized spacial score (nSPS) is 25.2. The summed E-state index contributed by atoms with van der Waals surface area (Å²) in [5.41, 5.74) is 1.21. The molecule has 4 nitrogen and oxygen atoms in total. The maximum Gasteiger partial charge on any atom is 0.227 e. The molecule has 0 bridgehead atoms. The highest BCUT2D eigenvalue weighted by Crippen LogP contribution is 2.31. The van der Waals surface area contributed by atoms with Crippen molar-refractivity contribution < 1.29 is 4.79 Å². The Labute approximate surface area is 170 Å². The highest BCUT2D eigenvalue weighted by atomic mass is 16.2. The molecule has 2 aliphatic heterocycles. The van der Waals surface area contributed by atoms with E-state index in [1.54, 1.807) is 0 Å². The largest absolute Gasteiger partial charge is 0.336 e. The third-order valence-corrected chi connectivity index (χ3v) is 6.69. The van der Waals surface area contributed by atoms with Gasteiger partial charge in [-0.25, -0.2) is 0 Å². The van der Waals surface area contributed by atoms with Crippen LogP contribution in [-0.4, -0.2) is 72.5 Å². The minimum absolute atomic E-state index is 0.194. The van der Waals surface area contributed by atoms with Gasteiger partial charge in [-0.15, -0.1) is 0 Å². The molecule has 3 fully saturated rings.